The highest BCUT2D eigenvalue weighted by molar-refractivity contribution is 7.90. The molecule has 1 fully saturated rings. The Morgan fingerprint density at radius 3 is 2.65 bits per heavy atom. The average molecular weight is 453 g/mol. The number of hydrogen-bond donors (Lipinski definition) is 4. The zero-order valence-corrected chi connectivity index (χ0v) is 17.5. The molecular weight excluding hydrogens is 426 g/mol. The lowest BCUT2D eigenvalue weighted by molar-refractivity contribution is 0.0958. The number of carbonyl (C=O) groups excluding carboxylic acids is 2. The monoisotopic (exact) mass is 452 g/mol. The van der Waals surface area contributed by atoms with Crippen LogP contribution in [0.5, 0.6) is 5.75 Å². The topological polar surface area (TPSA) is 164 Å². The van der Waals surface area contributed by atoms with Gasteiger partial charge in [-0.1, -0.05) is 0 Å². The molecule has 2 aromatic heterocycles. The maximum absolute atomic E-state index is 12.5. The fraction of sp³-hybridized carbons (Fsp3) is 0.389. The highest BCUT2D eigenvalue weighted by atomic mass is 32.2. The van der Waals surface area contributed by atoms with Crippen molar-refractivity contribution in [2.24, 2.45) is 0 Å². The van der Waals surface area contributed by atoms with E-state index in [1.165, 1.54) is 25.4 Å². The van der Waals surface area contributed by atoms with Crippen LogP contribution in [0.15, 0.2) is 23.2 Å². The molecule has 3 amide bonds. The predicted octanol–water partition coefficient (Wildman–Crippen LogP) is 1.06. The number of rotatable bonds is 7. The van der Waals surface area contributed by atoms with Crippen molar-refractivity contribution in [1.82, 2.24) is 25.8 Å². The molecule has 0 bridgehead atoms. The number of urea groups is 1. The predicted molar refractivity (Wildman–Crippen MR) is 112 cm³/mol. The number of nitrogens with one attached hydrogen (secondary N) is 4. The summed E-state index contributed by atoms with van der Waals surface area (Å²) >= 11 is 0. The lowest BCUT2D eigenvalue weighted by Crippen LogP contribution is -2.42. The van der Waals surface area contributed by atoms with Crippen molar-refractivity contribution in [2.45, 2.75) is 30.2 Å². The molecule has 0 spiro atoms. The van der Waals surface area contributed by atoms with Crippen molar-refractivity contribution in [3.8, 4) is 5.75 Å². The minimum Gasteiger partial charge on any atom is -0.495 e. The van der Waals surface area contributed by atoms with Crippen molar-refractivity contribution in [3.63, 3.8) is 0 Å². The van der Waals surface area contributed by atoms with Gasteiger partial charge in [0.2, 0.25) is 0 Å². The van der Waals surface area contributed by atoms with Crippen molar-refractivity contribution in [2.75, 3.05) is 31.0 Å². The zero-order valence-electron chi connectivity index (χ0n) is 19.7. The van der Waals surface area contributed by atoms with Gasteiger partial charge in [0.15, 0.2) is 21.3 Å². The lowest BCUT2D eigenvalue weighted by atomic mass is 9.93. The number of sulfone groups is 1. The van der Waals surface area contributed by atoms with Gasteiger partial charge in [0.05, 0.1) is 19.0 Å². The van der Waals surface area contributed by atoms with Gasteiger partial charge in [-0.15, -0.1) is 10.2 Å². The molecule has 0 radical (unpaired) electrons. The van der Waals surface area contributed by atoms with E-state index in [0.717, 1.165) is 25.5 Å². The Kier molecular flexibility index (Phi) is 5.38. The van der Waals surface area contributed by atoms with E-state index in [2.05, 4.69) is 31.1 Å². The molecule has 1 saturated carbocycles. The Morgan fingerprint density at radius 2 is 2.03 bits per heavy atom. The number of anilines is 3. The van der Waals surface area contributed by atoms with Gasteiger partial charge in [-0.3, -0.25) is 10.1 Å². The average Bonchev–Trinajstić information content (AvgIpc) is 2.69. The fourth-order valence-electron chi connectivity index (χ4n) is 2.71. The zero-order chi connectivity index (χ0) is 25.1. The van der Waals surface area contributed by atoms with E-state index in [4.69, 9.17) is 8.85 Å². The quantitative estimate of drug-likeness (QED) is 0.481. The van der Waals surface area contributed by atoms with Gasteiger partial charge in [0.1, 0.15) is 16.5 Å². The van der Waals surface area contributed by atoms with Gasteiger partial charge in [-0.25, -0.2) is 18.2 Å². The number of nitrogens with zero attached hydrogens (tertiary/aromatic N) is 3. The van der Waals surface area contributed by atoms with E-state index < -0.39 is 34.4 Å². The standard InChI is InChI=1S/C18H23N7O5S/c1-19-17(26)15-12(8-14(24-25-15)23-18(27)21-10-5-4-6-10)22-16-13(31(3,28)29)7-11(30-2)9-20-16/h7-10H,4-6H2,1-3H3,(H,19,26)(H3,20,21,22,23,24,27)/i1D3. The van der Waals surface area contributed by atoms with E-state index in [9.17, 15) is 18.0 Å². The molecule has 3 rings (SSSR count). The van der Waals surface area contributed by atoms with Crippen LogP contribution >= 0.6 is 0 Å². The summed E-state index contributed by atoms with van der Waals surface area (Å²) < 4.78 is 51.3. The minimum absolute atomic E-state index is 0.0516. The Hall–Kier alpha value is -3.48. The molecule has 12 nitrogen and oxygen atoms in total. The highest BCUT2D eigenvalue weighted by Gasteiger charge is 2.22. The van der Waals surface area contributed by atoms with Crippen LogP contribution in [-0.2, 0) is 9.84 Å². The van der Waals surface area contributed by atoms with Gasteiger partial charge in [0.25, 0.3) is 5.91 Å². The third-order valence-corrected chi connectivity index (χ3v) is 5.63. The van der Waals surface area contributed by atoms with Crippen LogP contribution in [0.2, 0.25) is 0 Å². The van der Waals surface area contributed by atoms with E-state index in [1.54, 1.807) is 5.32 Å². The van der Waals surface area contributed by atoms with Gasteiger partial charge < -0.3 is 20.7 Å². The lowest BCUT2D eigenvalue weighted by Gasteiger charge is -2.26. The van der Waals surface area contributed by atoms with E-state index in [-0.39, 0.29) is 34.0 Å². The van der Waals surface area contributed by atoms with Crippen molar-refractivity contribution >= 4 is 39.1 Å². The number of carbonyl (C=O) groups is 2. The summed E-state index contributed by atoms with van der Waals surface area (Å²) in [5.41, 5.74) is -0.601. The Bertz CT molecular complexity index is 1200. The second-order valence-electron chi connectivity index (χ2n) is 6.79. The molecule has 31 heavy (non-hydrogen) atoms. The van der Waals surface area contributed by atoms with Crippen LogP contribution < -0.4 is 26.0 Å². The van der Waals surface area contributed by atoms with E-state index >= 15 is 0 Å². The number of pyridine rings is 1. The number of amides is 3. The van der Waals surface area contributed by atoms with Gasteiger partial charge in [0, 0.05) is 35.5 Å². The maximum Gasteiger partial charge on any atom is 0.320 e. The molecule has 0 saturated heterocycles. The number of methoxy groups -OCH3 is 1. The summed E-state index contributed by atoms with van der Waals surface area (Å²) in [6.45, 7) is -2.81. The Labute approximate surface area is 183 Å². The molecule has 1 aliphatic carbocycles. The molecule has 13 heteroatoms. The summed E-state index contributed by atoms with van der Waals surface area (Å²) in [5, 5.41) is 17.2. The number of aromatic nitrogens is 3. The third kappa shape index (κ3) is 5.36. The molecule has 2 heterocycles. The van der Waals surface area contributed by atoms with Gasteiger partial charge >= 0.3 is 6.03 Å². The molecular formula is C18H23N7O5S. The van der Waals surface area contributed by atoms with Crippen molar-refractivity contribution in [1.29, 1.82) is 0 Å². The number of hydrogen-bond acceptors (Lipinski definition) is 9. The molecule has 2 aromatic rings. The van der Waals surface area contributed by atoms with E-state index in [0.29, 0.717) is 0 Å². The molecule has 0 unspecified atom stereocenters. The van der Waals surface area contributed by atoms with Crippen LogP contribution in [0.1, 0.15) is 33.9 Å². The first-order chi connectivity index (χ1) is 15.9. The largest absolute Gasteiger partial charge is 0.495 e. The normalized spacial score (nSPS) is 15.5. The minimum atomic E-state index is -3.80. The summed E-state index contributed by atoms with van der Waals surface area (Å²) in [7, 11) is -2.46. The maximum atomic E-state index is 12.5. The van der Waals surface area contributed by atoms with Gasteiger partial charge in [-0.05, 0) is 19.3 Å². The fourth-order valence-corrected chi connectivity index (χ4v) is 3.49. The Morgan fingerprint density at radius 1 is 1.26 bits per heavy atom. The number of ether oxygens (including phenoxy) is 1. The SMILES string of the molecule is [2H]C([2H])([2H])NC(=O)c1nnc(NC(=O)NC2CCC2)cc1Nc1ncc(OC)cc1S(C)(=O)=O. The Balaban J connectivity index is 1.98. The first-order valence-corrected chi connectivity index (χ1v) is 11.0. The summed E-state index contributed by atoms with van der Waals surface area (Å²) in [5.74, 6) is -1.17. The molecule has 4 N–H and O–H groups in total. The summed E-state index contributed by atoms with van der Waals surface area (Å²) in [6.07, 6.45) is 4.94. The van der Waals surface area contributed by atoms with Gasteiger partial charge in [-0.2, -0.15) is 0 Å². The van der Waals surface area contributed by atoms with Crippen molar-refractivity contribution in [3.05, 3.63) is 24.0 Å². The smallest absolute Gasteiger partial charge is 0.320 e. The van der Waals surface area contributed by atoms with Crippen molar-refractivity contribution < 1.29 is 26.9 Å². The summed E-state index contributed by atoms with van der Waals surface area (Å²) in [6, 6.07) is 1.95. The molecule has 166 valence electrons. The molecule has 0 aliphatic heterocycles. The molecule has 0 aromatic carbocycles. The first-order valence-electron chi connectivity index (χ1n) is 10.6. The first kappa shape index (κ1) is 18.3. The molecule has 1 aliphatic rings. The molecule has 0 atom stereocenters. The second kappa shape index (κ2) is 9.12. The van der Waals surface area contributed by atoms with Crippen LogP contribution in [-0.4, -0.2) is 61.9 Å². The van der Waals surface area contributed by atoms with Crippen LogP contribution in [0.25, 0.3) is 0 Å². The second-order valence-corrected chi connectivity index (χ2v) is 8.78. The highest BCUT2D eigenvalue weighted by Crippen LogP contribution is 2.28. The third-order valence-electron chi connectivity index (χ3n) is 4.52. The van der Waals surface area contributed by atoms with Crippen LogP contribution in [0.4, 0.5) is 22.1 Å². The van der Waals surface area contributed by atoms with E-state index in [1.807, 2.05) is 0 Å². The van der Waals surface area contributed by atoms with Crippen LogP contribution in [0, 0.1) is 0 Å². The van der Waals surface area contributed by atoms with Crippen LogP contribution in [0.3, 0.4) is 0 Å². The summed E-state index contributed by atoms with van der Waals surface area (Å²) in [4.78, 5) is 28.5.